The van der Waals surface area contributed by atoms with Gasteiger partial charge < -0.3 is 10.2 Å². The zero-order valence-corrected chi connectivity index (χ0v) is 22.8. The van der Waals surface area contributed by atoms with Gasteiger partial charge in [-0.15, -0.1) is 0 Å². The first-order chi connectivity index (χ1) is 19.6. The number of aromatic nitrogens is 3. The van der Waals surface area contributed by atoms with Gasteiger partial charge in [-0.05, 0) is 58.7 Å². The van der Waals surface area contributed by atoms with Crippen LogP contribution in [-0.4, -0.2) is 51.9 Å². The molecule has 5 aromatic rings. The van der Waals surface area contributed by atoms with E-state index in [9.17, 15) is 4.79 Å². The smallest absolute Gasteiger partial charge is 0.228 e. The molecule has 1 N–H and O–H groups in total. The van der Waals surface area contributed by atoms with Crippen LogP contribution in [0.5, 0.6) is 0 Å². The zero-order chi connectivity index (χ0) is 27.3. The lowest BCUT2D eigenvalue weighted by Gasteiger charge is -2.35. The second kappa shape index (κ2) is 11.8. The van der Waals surface area contributed by atoms with Gasteiger partial charge in [-0.3, -0.25) is 19.7 Å². The summed E-state index contributed by atoms with van der Waals surface area (Å²) in [6.07, 6.45) is 5.85. The maximum Gasteiger partial charge on any atom is 0.228 e. The van der Waals surface area contributed by atoms with E-state index in [0.29, 0.717) is 5.02 Å². The number of hydrogen-bond donors (Lipinski definition) is 1. The number of benzene rings is 3. The van der Waals surface area contributed by atoms with Gasteiger partial charge in [-0.2, -0.15) is 0 Å². The fourth-order valence-electron chi connectivity index (χ4n) is 4.98. The zero-order valence-electron chi connectivity index (χ0n) is 22.0. The van der Waals surface area contributed by atoms with Crippen LogP contribution in [-0.2, 0) is 17.8 Å². The van der Waals surface area contributed by atoms with Gasteiger partial charge in [0.2, 0.25) is 5.91 Å². The van der Waals surface area contributed by atoms with E-state index in [1.807, 2.05) is 73.2 Å². The lowest BCUT2D eigenvalue weighted by Crippen LogP contribution is -2.46. The fraction of sp³-hybridized carbons (Fsp3) is 0.188. The Balaban J connectivity index is 1.10. The highest BCUT2D eigenvalue weighted by Crippen LogP contribution is 2.26. The number of fused-ring (bicyclic) bond motifs is 1. The van der Waals surface area contributed by atoms with Gasteiger partial charge in [0.25, 0.3) is 0 Å². The van der Waals surface area contributed by atoms with Gasteiger partial charge in [-0.25, -0.2) is 4.98 Å². The van der Waals surface area contributed by atoms with E-state index >= 15 is 0 Å². The SMILES string of the molecule is O=C(Cc1ccccc1Cl)Nc1ccc(-c2ccc3ncc(N4CCN(Cc5cccnc5)CC4)nc3c2)cc1. The van der Waals surface area contributed by atoms with Crippen LogP contribution in [0.2, 0.25) is 5.02 Å². The van der Waals surface area contributed by atoms with E-state index in [1.165, 1.54) is 5.56 Å². The van der Waals surface area contributed by atoms with Crippen molar-refractivity contribution in [2.45, 2.75) is 13.0 Å². The van der Waals surface area contributed by atoms with Gasteiger partial charge >= 0.3 is 0 Å². The van der Waals surface area contributed by atoms with Crippen molar-refractivity contribution in [2.24, 2.45) is 0 Å². The molecule has 8 heteroatoms. The molecule has 0 atom stereocenters. The van der Waals surface area contributed by atoms with Crippen molar-refractivity contribution in [3.63, 3.8) is 0 Å². The summed E-state index contributed by atoms with van der Waals surface area (Å²) in [7, 11) is 0. The van der Waals surface area contributed by atoms with E-state index in [-0.39, 0.29) is 12.3 Å². The molecule has 2 aromatic heterocycles. The Hall–Kier alpha value is -4.33. The minimum absolute atomic E-state index is 0.104. The van der Waals surface area contributed by atoms with Crippen molar-refractivity contribution < 1.29 is 4.79 Å². The van der Waals surface area contributed by atoms with Gasteiger partial charge in [0.1, 0.15) is 5.82 Å². The summed E-state index contributed by atoms with van der Waals surface area (Å²) in [4.78, 5) is 31.1. The standard InChI is InChI=1S/C32H29ClN6O/c33-28-6-2-1-5-26(28)19-32(40)36-27-10-7-24(8-11-27)25-9-12-29-30(18-25)37-31(21-35-29)39-16-14-38(15-17-39)22-23-4-3-13-34-20-23/h1-13,18,20-21H,14-17,19,22H2,(H,36,40). The molecular weight excluding hydrogens is 520 g/mol. The van der Waals surface area contributed by atoms with Crippen LogP contribution in [0.15, 0.2) is 97.5 Å². The predicted molar refractivity (Wildman–Crippen MR) is 160 cm³/mol. The summed E-state index contributed by atoms with van der Waals surface area (Å²) in [5.41, 5.74) is 6.61. The molecule has 1 saturated heterocycles. The Morgan fingerprint density at radius 2 is 1.65 bits per heavy atom. The molecule has 200 valence electrons. The summed E-state index contributed by atoms with van der Waals surface area (Å²) in [5.74, 6) is 0.800. The third-order valence-electron chi connectivity index (χ3n) is 7.17. The highest BCUT2D eigenvalue weighted by atomic mass is 35.5. The molecule has 1 fully saturated rings. The molecule has 0 radical (unpaired) electrons. The van der Waals surface area contributed by atoms with Crippen molar-refractivity contribution in [1.82, 2.24) is 19.9 Å². The summed E-state index contributed by atoms with van der Waals surface area (Å²) in [6.45, 7) is 4.66. The molecule has 0 saturated carbocycles. The van der Waals surface area contributed by atoms with Crippen molar-refractivity contribution in [3.8, 4) is 11.1 Å². The lowest BCUT2D eigenvalue weighted by atomic mass is 10.0. The quantitative estimate of drug-likeness (QED) is 0.275. The monoisotopic (exact) mass is 548 g/mol. The van der Waals surface area contributed by atoms with Crippen LogP contribution in [0, 0.1) is 0 Å². The van der Waals surface area contributed by atoms with Crippen LogP contribution in [0.3, 0.4) is 0 Å². The van der Waals surface area contributed by atoms with Gasteiger partial charge in [0, 0.05) is 55.8 Å². The molecule has 0 aliphatic carbocycles. The number of carbonyl (C=O) groups excluding carboxylic acids is 1. The molecule has 1 amide bonds. The summed E-state index contributed by atoms with van der Waals surface area (Å²) >= 11 is 6.19. The number of nitrogens with one attached hydrogen (secondary N) is 1. The van der Waals surface area contributed by atoms with Crippen molar-refractivity contribution >= 4 is 40.0 Å². The Labute approximate surface area is 238 Å². The topological polar surface area (TPSA) is 74.2 Å². The van der Waals surface area contributed by atoms with Crippen molar-refractivity contribution in [3.05, 3.63) is 114 Å². The molecule has 40 heavy (non-hydrogen) atoms. The normalized spacial score (nSPS) is 13.9. The molecule has 0 bridgehead atoms. The number of nitrogens with zero attached hydrogens (tertiary/aromatic N) is 5. The van der Waals surface area contributed by atoms with Gasteiger partial charge in [0.15, 0.2) is 0 Å². The highest BCUT2D eigenvalue weighted by Gasteiger charge is 2.19. The van der Waals surface area contributed by atoms with Crippen LogP contribution in [0.4, 0.5) is 11.5 Å². The molecule has 1 aliphatic heterocycles. The minimum Gasteiger partial charge on any atom is -0.353 e. The number of halogens is 1. The van der Waals surface area contributed by atoms with Gasteiger partial charge in [0.05, 0.1) is 23.7 Å². The summed E-state index contributed by atoms with van der Waals surface area (Å²) in [5, 5.41) is 3.55. The fourth-order valence-corrected chi connectivity index (χ4v) is 5.19. The van der Waals surface area contributed by atoms with Gasteiger partial charge in [-0.1, -0.05) is 54.1 Å². The number of piperazine rings is 1. The molecule has 3 heterocycles. The maximum atomic E-state index is 12.5. The Morgan fingerprint density at radius 3 is 2.42 bits per heavy atom. The number of hydrogen-bond acceptors (Lipinski definition) is 6. The van der Waals surface area contributed by atoms with E-state index < -0.39 is 0 Å². The molecule has 0 unspecified atom stereocenters. The third-order valence-corrected chi connectivity index (χ3v) is 7.53. The second-order valence-corrected chi connectivity index (χ2v) is 10.4. The average molecular weight is 549 g/mol. The van der Waals surface area contributed by atoms with Crippen LogP contribution in [0.1, 0.15) is 11.1 Å². The predicted octanol–water partition coefficient (Wildman–Crippen LogP) is 5.85. The first-order valence-electron chi connectivity index (χ1n) is 13.4. The number of rotatable bonds is 7. The van der Waals surface area contributed by atoms with E-state index in [2.05, 4.69) is 43.3 Å². The third kappa shape index (κ3) is 6.11. The number of pyridine rings is 1. The molecular formula is C32H29ClN6O. The van der Waals surface area contributed by atoms with Crippen LogP contribution < -0.4 is 10.2 Å². The first-order valence-corrected chi connectivity index (χ1v) is 13.8. The Bertz CT molecular complexity index is 1620. The van der Waals surface area contributed by atoms with E-state index in [0.717, 1.165) is 72.0 Å². The molecule has 3 aromatic carbocycles. The van der Waals surface area contributed by atoms with E-state index in [1.54, 1.807) is 6.07 Å². The number of anilines is 2. The van der Waals surface area contributed by atoms with E-state index in [4.69, 9.17) is 16.6 Å². The number of carbonyl (C=O) groups is 1. The molecule has 6 rings (SSSR count). The molecule has 0 spiro atoms. The largest absolute Gasteiger partial charge is 0.353 e. The van der Waals surface area contributed by atoms with Crippen molar-refractivity contribution in [1.29, 1.82) is 0 Å². The highest BCUT2D eigenvalue weighted by molar-refractivity contribution is 6.31. The number of amides is 1. The van der Waals surface area contributed by atoms with Crippen molar-refractivity contribution in [2.75, 3.05) is 36.4 Å². The van der Waals surface area contributed by atoms with Crippen LogP contribution >= 0.6 is 11.6 Å². The second-order valence-electron chi connectivity index (χ2n) is 9.95. The molecule has 1 aliphatic rings. The average Bonchev–Trinajstić information content (AvgIpc) is 2.99. The minimum atomic E-state index is -0.104. The first kappa shape index (κ1) is 25.9. The maximum absolute atomic E-state index is 12.5. The summed E-state index contributed by atoms with van der Waals surface area (Å²) < 4.78 is 0. The Morgan fingerprint density at radius 1 is 0.850 bits per heavy atom. The lowest BCUT2D eigenvalue weighted by molar-refractivity contribution is -0.115. The summed E-state index contributed by atoms with van der Waals surface area (Å²) in [6, 6.07) is 25.5. The molecule has 7 nitrogen and oxygen atoms in total. The van der Waals surface area contributed by atoms with Crippen LogP contribution in [0.25, 0.3) is 22.2 Å². The Kier molecular flexibility index (Phi) is 7.66.